The molecule has 0 bridgehead atoms. The molecule has 0 spiro atoms. The van der Waals surface area contributed by atoms with Crippen LogP contribution in [0.25, 0.3) is 0 Å². The summed E-state index contributed by atoms with van der Waals surface area (Å²) < 4.78 is 70.8. The number of alkyl halides is 2. The summed E-state index contributed by atoms with van der Waals surface area (Å²) in [6, 6.07) is 7.06. The van der Waals surface area contributed by atoms with Gasteiger partial charge in [0, 0.05) is 0 Å². The van der Waals surface area contributed by atoms with Crippen LogP contribution < -0.4 is 4.74 Å². The fourth-order valence-electron chi connectivity index (χ4n) is 1.50. The van der Waals surface area contributed by atoms with Gasteiger partial charge in [0.1, 0.15) is 25.1 Å². The molecule has 1 aromatic rings. The third-order valence-electron chi connectivity index (χ3n) is 2.72. The summed E-state index contributed by atoms with van der Waals surface area (Å²) in [5, 5.41) is -4.43. The van der Waals surface area contributed by atoms with Crippen molar-refractivity contribution in [2.24, 2.45) is 0 Å². The first kappa shape index (κ1) is 16.1. The number of ether oxygens (including phenoxy) is 3. The Bertz CT molecular complexity index is 568. The van der Waals surface area contributed by atoms with Crippen molar-refractivity contribution in [3.8, 4) is 5.75 Å². The van der Waals surface area contributed by atoms with Gasteiger partial charge in [-0.15, -0.1) is 0 Å². The van der Waals surface area contributed by atoms with Crippen molar-refractivity contribution in [3.05, 3.63) is 29.8 Å². The minimum Gasteiger partial charge on any atom is -0.743 e. The van der Waals surface area contributed by atoms with Gasteiger partial charge in [-0.05, 0) is 17.7 Å². The average Bonchev–Trinajstić information content (AvgIpc) is 3.22. The Balaban J connectivity index is 1.67. The summed E-state index contributed by atoms with van der Waals surface area (Å²) in [4.78, 5) is 0. The molecule has 21 heavy (non-hydrogen) atoms. The van der Waals surface area contributed by atoms with Gasteiger partial charge in [-0.1, -0.05) is 12.1 Å². The average molecular weight is 323 g/mol. The molecule has 1 heterocycles. The van der Waals surface area contributed by atoms with E-state index in [4.69, 9.17) is 9.47 Å². The topological polar surface area (TPSA) is 88.2 Å². The Kier molecular flexibility index (Phi) is 4.77. The first-order valence-electron chi connectivity index (χ1n) is 6.05. The Morgan fingerprint density at radius 2 is 1.90 bits per heavy atom. The van der Waals surface area contributed by atoms with Crippen LogP contribution >= 0.6 is 0 Å². The number of benzene rings is 1. The third-order valence-corrected chi connectivity index (χ3v) is 3.57. The van der Waals surface area contributed by atoms with Crippen molar-refractivity contribution in [1.29, 1.82) is 0 Å². The molecule has 1 aliphatic heterocycles. The number of hydrogen-bond acceptors (Lipinski definition) is 6. The first-order valence-corrected chi connectivity index (χ1v) is 7.46. The van der Waals surface area contributed by atoms with Crippen molar-refractivity contribution in [1.82, 2.24) is 0 Å². The molecular weight excluding hydrogens is 310 g/mol. The fourth-order valence-corrected chi connectivity index (χ4v) is 1.73. The molecule has 1 fully saturated rings. The molecule has 1 aromatic carbocycles. The predicted molar refractivity (Wildman–Crippen MR) is 66.1 cm³/mol. The largest absolute Gasteiger partial charge is 0.743 e. The maximum Gasteiger partial charge on any atom is 0.357 e. The lowest BCUT2D eigenvalue weighted by Crippen LogP contribution is -2.34. The van der Waals surface area contributed by atoms with E-state index in [1.807, 2.05) is 12.1 Å². The highest BCUT2D eigenvalue weighted by molar-refractivity contribution is 7.86. The molecule has 0 radical (unpaired) electrons. The van der Waals surface area contributed by atoms with Crippen LogP contribution in [0.5, 0.6) is 5.75 Å². The van der Waals surface area contributed by atoms with E-state index in [-0.39, 0.29) is 19.3 Å². The van der Waals surface area contributed by atoms with Crippen molar-refractivity contribution < 1.29 is 36.0 Å². The minimum absolute atomic E-state index is 0.0474. The van der Waals surface area contributed by atoms with E-state index >= 15 is 0 Å². The van der Waals surface area contributed by atoms with Gasteiger partial charge >= 0.3 is 5.25 Å². The highest BCUT2D eigenvalue weighted by Gasteiger charge is 2.37. The van der Waals surface area contributed by atoms with Gasteiger partial charge in [-0.25, -0.2) is 8.42 Å². The highest BCUT2D eigenvalue weighted by atomic mass is 32.2. The molecule has 0 N–H and O–H groups in total. The van der Waals surface area contributed by atoms with E-state index in [2.05, 4.69) is 4.74 Å². The van der Waals surface area contributed by atoms with E-state index in [1.165, 1.54) is 0 Å². The minimum atomic E-state index is -5.71. The summed E-state index contributed by atoms with van der Waals surface area (Å²) in [5.41, 5.74) is 1.03. The number of epoxide rings is 1. The van der Waals surface area contributed by atoms with Crippen molar-refractivity contribution >= 4 is 10.1 Å². The Labute approximate surface area is 120 Å². The van der Waals surface area contributed by atoms with Crippen LogP contribution in [0.2, 0.25) is 0 Å². The molecule has 1 unspecified atom stereocenters. The van der Waals surface area contributed by atoms with Crippen LogP contribution in [0.15, 0.2) is 24.3 Å². The SMILES string of the molecule is O=S(=O)([O-])C(F)(F)COCCOc1ccc(C2CO2)cc1. The van der Waals surface area contributed by atoms with Crippen LogP contribution in [-0.2, 0) is 19.6 Å². The molecule has 118 valence electrons. The second-order valence-electron chi connectivity index (χ2n) is 4.38. The molecule has 0 aromatic heterocycles. The van der Waals surface area contributed by atoms with Gasteiger partial charge in [0.05, 0.1) is 13.2 Å². The Morgan fingerprint density at radius 3 is 2.43 bits per heavy atom. The molecule has 9 heteroatoms. The standard InChI is InChI=1S/C12H14F2O6S/c13-12(14,21(15,16)17)8-18-5-6-19-10-3-1-9(2-4-10)11-7-20-11/h1-4,11H,5-8H2,(H,15,16,17)/p-1. The zero-order chi connectivity index (χ0) is 15.5. The second-order valence-corrected chi connectivity index (χ2v) is 5.89. The van der Waals surface area contributed by atoms with Gasteiger partial charge in [0.2, 0.25) is 0 Å². The van der Waals surface area contributed by atoms with Gasteiger partial charge < -0.3 is 18.8 Å². The monoisotopic (exact) mass is 323 g/mol. The van der Waals surface area contributed by atoms with E-state index in [1.54, 1.807) is 12.1 Å². The van der Waals surface area contributed by atoms with Crippen molar-refractivity contribution in [2.75, 3.05) is 26.4 Å². The second kappa shape index (κ2) is 6.22. The van der Waals surface area contributed by atoms with Gasteiger partial charge in [-0.2, -0.15) is 8.78 Å². The lowest BCUT2D eigenvalue weighted by Gasteiger charge is -2.19. The molecule has 0 amide bonds. The molecule has 2 rings (SSSR count). The van der Waals surface area contributed by atoms with Gasteiger partial charge in [0.15, 0.2) is 10.1 Å². The summed E-state index contributed by atoms with van der Waals surface area (Å²) in [7, 11) is -5.71. The highest BCUT2D eigenvalue weighted by Crippen LogP contribution is 2.30. The maximum absolute atomic E-state index is 12.7. The van der Waals surface area contributed by atoms with Crippen LogP contribution in [0, 0.1) is 0 Å². The summed E-state index contributed by atoms with van der Waals surface area (Å²) in [6.07, 6.45) is 0.138. The number of halogens is 2. The van der Waals surface area contributed by atoms with Crippen molar-refractivity contribution in [3.63, 3.8) is 0 Å². The Hall–Kier alpha value is -1.29. The molecular formula is C12H13F2O6S-. The van der Waals surface area contributed by atoms with Crippen LogP contribution in [0.1, 0.15) is 11.7 Å². The van der Waals surface area contributed by atoms with E-state index in [0.717, 1.165) is 5.56 Å². The summed E-state index contributed by atoms with van der Waals surface area (Å²) in [6.45, 7) is -1.10. The summed E-state index contributed by atoms with van der Waals surface area (Å²) in [5.74, 6) is 0.520. The lowest BCUT2D eigenvalue weighted by molar-refractivity contribution is -0.0272. The molecule has 1 aliphatic rings. The number of hydrogen-bond donors (Lipinski definition) is 0. The van der Waals surface area contributed by atoms with Gasteiger partial charge in [0.25, 0.3) is 0 Å². The molecule has 0 saturated carbocycles. The normalized spacial score (nSPS) is 18.5. The van der Waals surface area contributed by atoms with E-state index < -0.39 is 22.0 Å². The first-order chi connectivity index (χ1) is 9.79. The van der Waals surface area contributed by atoms with E-state index in [9.17, 15) is 21.8 Å². The lowest BCUT2D eigenvalue weighted by atomic mass is 10.2. The molecule has 1 saturated heterocycles. The number of rotatable bonds is 8. The van der Waals surface area contributed by atoms with E-state index in [0.29, 0.717) is 12.4 Å². The molecule has 1 atom stereocenters. The van der Waals surface area contributed by atoms with Crippen LogP contribution in [-0.4, -0.2) is 44.7 Å². The zero-order valence-electron chi connectivity index (χ0n) is 10.8. The van der Waals surface area contributed by atoms with Crippen molar-refractivity contribution in [2.45, 2.75) is 11.4 Å². The quantitative estimate of drug-likeness (QED) is 0.407. The van der Waals surface area contributed by atoms with Crippen LogP contribution in [0.3, 0.4) is 0 Å². The third kappa shape index (κ3) is 4.60. The molecule has 6 nitrogen and oxygen atoms in total. The Morgan fingerprint density at radius 1 is 1.29 bits per heavy atom. The maximum atomic E-state index is 12.7. The fraction of sp³-hybridized carbons (Fsp3) is 0.500. The predicted octanol–water partition coefficient (Wildman–Crippen LogP) is 1.29. The summed E-state index contributed by atoms with van der Waals surface area (Å²) >= 11 is 0. The van der Waals surface area contributed by atoms with Gasteiger partial charge in [-0.3, -0.25) is 0 Å². The molecule has 0 aliphatic carbocycles. The smallest absolute Gasteiger partial charge is 0.357 e. The zero-order valence-corrected chi connectivity index (χ0v) is 11.6. The van der Waals surface area contributed by atoms with Crippen LogP contribution in [0.4, 0.5) is 8.78 Å².